The number of aryl methyl sites for hydroxylation is 1. The molecule has 136 valence electrons. The third kappa shape index (κ3) is 5.58. The highest BCUT2D eigenvalue weighted by molar-refractivity contribution is 6.04. The molecule has 0 aliphatic carbocycles. The van der Waals surface area contributed by atoms with Crippen molar-refractivity contribution in [2.45, 2.75) is 13.5 Å². The van der Waals surface area contributed by atoms with Gasteiger partial charge in [-0.15, -0.1) is 0 Å². The van der Waals surface area contributed by atoms with E-state index in [4.69, 9.17) is 4.74 Å². The predicted molar refractivity (Wildman–Crippen MR) is 109 cm³/mol. The summed E-state index contributed by atoms with van der Waals surface area (Å²) in [5.41, 5.74) is 3.09. The Labute approximate surface area is 160 Å². The molecule has 0 saturated heterocycles. The van der Waals surface area contributed by atoms with E-state index < -0.39 is 0 Å². The van der Waals surface area contributed by atoms with E-state index in [1.807, 2.05) is 60.6 Å². The standard InChI is InChI=1S/C24H23NO2/c1-19-8-10-20(11-9-19)18-25(2)17-16-24(26)21-12-14-23(15-13-21)27-22-6-4-3-5-7-22/h3-17H,18H2,1-2H3/b17-16+. The summed E-state index contributed by atoms with van der Waals surface area (Å²) in [6.07, 6.45) is 3.41. The molecular weight excluding hydrogens is 334 g/mol. The van der Waals surface area contributed by atoms with Crippen molar-refractivity contribution in [3.8, 4) is 11.5 Å². The zero-order chi connectivity index (χ0) is 19.1. The van der Waals surface area contributed by atoms with Crippen LogP contribution in [0.4, 0.5) is 0 Å². The zero-order valence-corrected chi connectivity index (χ0v) is 15.6. The summed E-state index contributed by atoms with van der Waals surface area (Å²) in [5, 5.41) is 0. The number of benzene rings is 3. The summed E-state index contributed by atoms with van der Waals surface area (Å²) in [4.78, 5) is 14.4. The fourth-order valence-electron chi connectivity index (χ4n) is 2.64. The summed E-state index contributed by atoms with van der Waals surface area (Å²) in [5.74, 6) is 1.45. The summed E-state index contributed by atoms with van der Waals surface area (Å²) < 4.78 is 5.75. The van der Waals surface area contributed by atoms with Crippen molar-refractivity contribution in [1.82, 2.24) is 4.90 Å². The lowest BCUT2D eigenvalue weighted by Crippen LogP contribution is -2.10. The smallest absolute Gasteiger partial charge is 0.187 e. The second kappa shape index (κ2) is 8.86. The van der Waals surface area contributed by atoms with Gasteiger partial charge in [0.05, 0.1) is 0 Å². The van der Waals surface area contributed by atoms with E-state index in [2.05, 4.69) is 31.2 Å². The molecule has 3 aromatic carbocycles. The Hall–Kier alpha value is -3.33. The number of allylic oxidation sites excluding steroid dienone is 1. The lowest BCUT2D eigenvalue weighted by molar-refractivity contribution is 0.104. The first-order chi connectivity index (χ1) is 13.1. The fourth-order valence-corrected chi connectivity index (χ4v) is 2.64. The molecule has 0 fully saturated rings. The van der Waals surface area contributed by atoms with E-state index in [1.54, 1.807) is 18.2 Å². The van der Waals surface area contributed by atoms with Gasteiger partial charge in [0.15, 0.2) is 5.78 Å². The molecule has 0 aliphatic heterocycles. The van der Waals surface area contributed by atoms with Gasteiger partial charge in [0, 0.05) is 31.4 Å². The van der Waals surface area contributed by atoms with Crippen molar-refractivity contribution in [3.63, 3.8) is 0 Å². The lowest BCUT2D eigenvalue weighted by Gasteiger charge is -2.14. The molecule has 0 N–H and O–H groups in total. The average molecular weight is 357 g/mol. The molecule has 0 radical (unpaired) electrons. The largest absolute Gasteiger partial charge is 0.457 e. The van der Waals surface area contributed by atoms with Crippen LogP contribution in [0.15, 0.2) is 91.1 Å². The van der Waals surface area contributed by atoms with Crippen molar-refractivity contribution in [2.75, 3.05) is 7.05 Å². The van der Waals surface area contributed by atoms with Crippen LogP contribution in [0.3, 0.4) is 0 Å². The van der Waals surface area contributed by atoms with Crippen molar-refractivity contribution in [1.29, 1.82) is 0 Å². The van der Waals surface area contributed by atoms with Gasteiger partial charge in [-0.05, 0) is 48.9 Å². The monoisotopic (exact) mass is 357 g/mol. The molecule has 0 aliphatic rings. The van der Waals surface area contributed by atoms with Gasteiger partial charge < -0.3 is 9.64 Å². The molecule has 0 amide bonds. The SMILES string of the molecule is Cc1ccc(CN(C)/C=C/C(=O)c2ccc(Oc3ccccc3)cc2)cc1. The quantitative estimate of drug-likeness (QED) is 0.406. The average Bonchev–Trinajstić information content (AvgIpc) is 2.69. The number of ether oxygens (including phenoxy) is 1. The minimum absolute atomic E-state index is 0.0305. The maximum absolute atomic E-state index is 12.4. The molecule has 3 rings (SSSR count). The van der Waals surface area contributed by atoms with Gasteiger partial charge in [-0.1, -0.05) is 48.0 Å². The van der Waals surface area contributed by atoms with Gasteiger partial charge >= 0.3 is 0 Å². The van der Waals surface area contributed by atoms with Gasteiger partial charge in [0.25, 0.3) is 0 Å². The van der Waals surface area contributed by atoms with E-state index in [0.29, 0.717) is 11.3 Å². The third-order valence-corrected chi connectivity index (χ3v) is 4.15. The molecule has 0 heterocycles. The van der Waals surface area contributed by atoms with Crippen LogP contribution < -0.4 is 4.74 Å². The Kier molecular flexibility index (Phi) is 6.06. The molecule has 0 unspecified atom stereocenters. The molecule has 0 spiro atoms. The van der Waals surface area contributed by atoms with Crippen LogP contribution in [0.5, 0.6) is 11.5 Å². The summed E-state index contributed by atoms with van der Waals surface area (Å²) in [7, 11) is 1.96. The molecule has 27 heavy (non-hydrogen) atoms. The van der Waals surface area contributed by atoms with Gasteiger partial charge in [0.1, 0.15) is 11.5 Å². The van der Waals surface area contributed by atoms with Crippen LogP contribution in [-0.4, -0.2) is 17.7 Å². The van der Waals surface area contributed by atoms with Crippen molar-refractivity contribution in [3.05, 3.63) is 108 Å². The number of hydrogen-bond donors (Lipinski definition) is 0. The minimum atomic E-state index is -0.0305. The second-order valence-electron chi connectivity index (χ2n) is 6.52. The molecular formula is C24H23NO2. The molecule has 0 saturated carbocycles. The predicted octanol–water partition coefficient (Wildman–Crippen LogP) is 5.62. The van der Waals surface area contributed by atoms with E-state index in [1.165, 1.54) is 11.1 Å². The topological polar surface area (TPSA) is 29.5 Å². The number of nitrogens with zero attached hydrogens (tertiary/aromatic N) is 1. The maximum atomic E-state index is 12.4. The van der Waals surface area contributed by atoms with Gasteiger partial charge in [0.2, 0.25) is 0 Å². The Bertz CT molecular complexity index is 897. The second-order valence-corrected chi connectivity index (χ2v) is 6.52. The van der Waals surface area contributed by atoms with E-state index >= 15 is 0 Å². The van der Waals surface area contributed by atoms with E-state index in [-0.39, 0.29) is 5.78 Å². The van der Waals surface area contributed by atoms with Crippen LogP contribution >= 0.6 is 0 Å². The molecule has 3 nitrogen and oxygen atoms in total. The molecule has 3 heteroatoms. The van der Waals surface area contributed by atoms with Gasteiger partial charge in [-0.25, -0.2) is 0 Å². The highest BCUT2D eigenvalue weighted by atomic mass is 16.5. The molecule has 0 bridgehead atoms. The Morgan fingerprint density at radius 3 is 2.19 bits per heavy atom. The van der Waals surface area contributed by atoms with Crippen molar-refractivity contribution >= 4 is 5.78 Å². The summed E-state index contributed by atoms with van der Waals surface area (Å²) in [6.45, 7) is 2.83. The molecule has 3 aromatic rings. The number of hydrogen-bond acceptors (Lipinski definition) is 3. The first-order valence-corrected chi connectivity index (χ1v) is 8.91. The minimum Gasteiger partial charge on any atom is -0.457 e. The molecule has 0 aromatic heterocycles. The van der Waals surface area contributed by atoms with Crippen molar-refractivity contribution in [2.24, 2.45) is 0 Å². The number of carbonyl (C=O) groups is 1. The number of para-hydroxylation sites is 1. The number of carbonyl (C=O) groups excluding carboxylic acids is 1. The first-order valence-electron chi connectivity index (χ1n) is 8.91. The highest BCUT2D eigenvalue weighted by Gasteiger charge is 2.04. The zero-order valence-electron chi connectivity index (χ0n) is 15.6. The first kappa shape index (κ1) is 18.5. The van der Waals surface area contributed by atoms with E-state index in [0.717, 1.165) is 12.3 Å². The summed E-state index contributed by atoms with van der Waals surface area (Å²) in [6, 6.07) is 25.2. The van der Waals surface area contributed by atoms with Gasteiger partial charge in [-0.2, -0.15) is 0 Å². The normalized spacial score (nSPS) is 10.7. The van der Waals surface area contributed by atoms with Crippen LogP contribution in [0, 0.1) is 6.92 Å². The third-order valence-electron chi connectivity index (χ3n) is 4.15. The van der Waals surface area contributed by atoms with Crippen LogP contribution in [0.1, 0.15) is 21.5 Å². The van der Waals surface area contributed by atoms with Gasteiger partial charge in [-0.3, -0.25) is 4.79 Å². The van der Waals surface area contributed by atoms with Crippen LogP contribution in [-0.2, 0) is 6.54 Å². The van der Waals surface area contributed by atoms with Crippen LogP contribution in [0.25, 0.3) is 0 Å². The number of ketones is 1. The Morgan fingerprint density at radius 1 is 0.889 bits per heavy atom. The lowest BCUT2D eigenvalue weighted by atomic mass is 10.1. The Balaban J connectivity index is 1.56. The molecule has 0 atom stereocenters. The van der Waals surface area contributed by atoms with Crippen LogP contribution in [0.2, 0.25) is 0 Å². The number of rotatable bonds is 7. The summed E-state index contributed by atoms with van der Waals surface area (Å²) >= 11 is 0. The Morgan fingerprint density at radius 2 is 1.52 bits per heavy atom. The fraction of sp³-hybridized carbons (Fsp3) is 0.125. The van der Waals surface area contributed by atoms with E-state index in [9.17, 15) is 4.79 Å². The maximum Gasteiger partial charge on any atom is 0.187 e. The highest BCUT2D eigenvalue weighted by Crippen LogP contribution is 2.21. The van der Waals surface area contributed by atoms with Crippen molar-refractivity contribution < 1.29 is 9.53 Å².